The second-order valence-corrected chi connectivity index (χ2v) is 6.38. The highest BCUT2D eigenvalue weighted by Gasteiger charge is 2.14. The molecule has 5 nitrogen and oxygen atoms in total. The van der Waals surface area contributed by atoms with Crippen LogP contribution in [0.1, 0.15) is 18.3 Å². The quantitative estimate of drug-likeness (QED) is 0.575. The van der Waals surface area contributed by atoms with Gasteiger partial charge in [0.2, 0.25) is 0 Å². The van der Waals surface area contributed by atoms with Crippen LogP contribution in [-0.4, -0.2) is 24.1 Å². The van der Waals surface area contributed by atoms with Crippen molar-refractivity contribution in [3.05, 3.63) is 53.6 Å². The monoisotopic (exact) mass is 323 g/mol. The van der Waals surface area contributed by atoms with Crippen LogP contribution in [0.3, 0.4) is 0 Å². The lowest BCUT2D eigenvalue weighted by atomic mass is 10.2. The smallest absolute Gasteiger partial charge is 0.169 e. The summed E-state index contributed by atoms with van der Waals surface area (Å²) in [7, 11) is 0. The number of fused-ring (bicyclic) bond motifs is 1. The number of benzene rings is 1. The minimum Gasteiger partial charge on any atom is -0.327 e. The Labute approximate surface area is 138 Å². The normalized spacial score (nSPS) is 11.4. The molecule has 4 rings (SSSR count). The van der Waals surface area contributed by atoms with Gasteiger partial charge >= 0.3 is 0 Å². The third-order valence-electron chi connectivity index (χ3n) is 3.95. The van der Waals surface area contributed by atoms with Crippen LogP contribution in [0.25, 0.3) is 21.9 Å². The summed E-state index contributed by atoms with van der Waals surface area (Å²) in [5.41, 5.74) is 3.49. The molecular formula is C17H17N5S. The summed E-state index contributed by atoms with van der Waals surface area (Å²) in [4.78, 5) is 13.6. The summed E-state index contributed by atoms with van der Waals surface area (Å²) in [5.74, 6) is 1.94. The van der Waals surface area contributed by atoms with Gasteiger partial charge in [0, 0.05) is 30.5 Å². The number of nitrogens with zero attached hydrogens (tertiary/aromatic N) is 5. The highest BCUT2D eigenvalue weighted by molar-refractivity contribution is 7.13. The number of imidazole rings is 2. The van der Waals surface area contributed by atoms with E-state index in [1.807, 2.05) is 24.0 Å². The summed E-state index contributed by atoms with van der Waals surface area (Å²) in [5, 5.41) is 2.91. The Hall–Kier alpha value is -2.47. The molecule has 23 heavy (non-hydrogen) atoms. The molecule has 0 aliphatic rings. The Balaban J connectivity index is 1.78. The molecule has 0 saturated carbocycles. The molecule has 0 bridgehead atoms. The van der Waals surface area contributed by atoms with Gasteiger partial charge in [0.1, 0.15) is 5.82 Å². The van der Waals surface area contributed by atoms with Crippen LogP contribution >= 0.6 is 11.3 Å². The average Bonchev–Trinajstić information content (AvgIpc) is 3.25. The van der Waals surface area contributed by atoms with Crippen LogP contribution in [0.4, 0.5) is 0 Å². The van der Waals surface area contributed by atoms with Gasteiger partial charge in [-0.15, -0.1) is 11.3 Å². The van der Waals surface area contributed by atoms with E-state index in [1.165, 1.54) is 11.1 Å². The average molecular weight is 323 g/mol. The first-order chi connectivity index (χ1) is 11.3. The zero-order chi connectivity index (χ0) is 15.8. The standard InChI is InChI=1S/C17H17N5S/c1-3-22-14-10-12(2)4-5-13(14)20-15(22)11-21-8-6-18-16(21)17-19-7-9-23-17/h4-10H,3,11H2,1-2H3. The number of hydrogen-bond acceptors (Lipinski definition) is 4. The van der Waals surface area contributed by atoms with E-state index in [1.54, 1.807) is 11.3 Å². The molecule has 6 heteroatoms. The maximum atomic E-state index is 4.82. The SMILES string of the molecule is CCn1c(Cn2ccnc2-c2nccs2)nc2ccc(C)cc21. The molecule has 0 amide bonds. The number of aryl methyl sites for hydroxylation is 2. The fourth-order valence-electron chi connectivity index (χ4n) is 2.88. The van der Waals surface area contributed by atoms with Gasteiger partial charge in [0.25, 0.3) is 0 Å². The van der Waals surface area contributed by atoms with E-state index in [0.717, 1.165) is 28.7 Å². The Kier molecular flexibility index (Phi) is 3.46. The van der Waals surface area contributed by atoms with E-state index in [0.29, 0.717) is 6.54 Å². The number of rotatable bonds is 4. The fourth-order valence-corrected chi connectivity index (χ4v) is 3.52. The van der Waals surface area contributed by atoms with Crippen molar-refractivity contribution in [2.75, 3.05) is 0 Å². The van der Waals surface area contributed by atoms with Crippen molar-refractivity contribution in [3.63, 3.8) is 0 Å². The van der Waals surface area contributed by atoms with E-state index in [2.05, 4.69) is 51.1 Å². The third-order valence-corrected chi connectivity index (χ3v) is 4.72. The molecule has 4 aromatic rings. The van der Waals surface area contributed by atoms with Crippen molar-refractivity contribution in [2.24, 2.45) is 0 Å². The van der Waals surface area contributed by atoms with Crippen molar-refractivity contribution < 1.29 is 0 Å². The molecule has 0 saturated heterocycles. The highest BCUT2D eigenvalue weighted by atomic mass is 32.1. The predicted molar refractivity (Wildman–Crippen MR) is 92.6 cm³/mol. The maximum absolute atomic E-state index is 4.82. The first-order valence-electron chi connectivity index (χ1n) is 7.63. The van der Waals surface area contributed by atoms with Crippen LogP contribution < -0.4 is 0 Å². The summed E-state index contributed by atoms with van der Waals surface area (Å²) in [6.45, 7) is 5.86. The van der Waals surface area contributed by atoms with Crippen molar-refractivity contribution in [1.82, 2.24) is 24.1 Å². The maximum Gasteiger partial charge on any atom is 0.169 e. The Morgan fingerprint density at radius 3 is 2.87 bits per heavy atom. The molecule has 0 N–H and O–H groups in total. The van der Waals surface area contributed by atoms with Crippen LogP contribution in [0.5, 0.6) is 0 Å². The number of thiazole rings is 1. The molecule has 0 aliphatic carbocycles. The zero-order valence-corrected chi connectivity index (χ0v) is 13.9. The molecular weight excluding hydrogens is 306 g/mol. The Bertz CT molecular complexity index is 949. The summed E-state index contributed by atoms with van der Waals surface area (Å²) >= 11 is 1.60. The summed E-state index contributed by atoms with van der Waals surface area (Å²) in [6, 6.07) is 6.40. The Morgan fingerprint density at radius 2 is 2.09 bits per heavy atom. The first kappa shape index (κ1) is 14.1. The third kappa shape index (κ3) is 2.45. The van der Waals surface area contributed by atoms with Crippen LogP contribution in [-0.2, 0) is 13.1 Å². The van der Waals surface area contributed by atoms with Crippen LogP contribution in [0, 0.1) is 6.92 Å². The summed E-state index contributed by atoms with van der Waals surface area (Å²) < 4.78 is 4.38. The minimum atomic E-state index is 0.691. The summed E-state index contributed by atoms with van der Waals surface area (Å²) in [6.07, 6.45) is 5.62. The molecule has 0 radical (unpaired) electrons. The van der Waals surface area contributed by atoms with Crippen molar-refractivity contribution in [3.8, 4) is 10.8 Å². The predicted octanol–water partition coefficient (Wildman–Crippen LogP) is 3.73. The van der Waals surface area contributed by atoms with E-state index < -0.39 is 0 Å². The second-order valence-electron chi connectivity index (χ2n) is 5.48. The molecule has 3 heterocycles. The molecule has 3 aromatic heterocycles. The van der Waals surface area contributed by atoms with E-state index in [4.69, 9.17) is 4.98 Å². The van der Waals surface area contributed by atoms with Gasteiger partial charge in [-0.3, -0.25) is 0 Å². The molecule has 0 spiro atoms. The lowest BCUT2D eigenvalue weighted by Crippen LogP contribution is -2.08. The molecule has 1 aromatic carbocycles. The van der Waals surface area contributed by atoms with Crippen molar-refractivity contribution in [2.45, 2.75) is 26.9 Å². The van der Waals surface area contributed by atoms with Gasteiger partial charge in [0.15, 0.2) is 10.8 Å². The molecule has 0 aliphatic heterocycles. The largest absolute Gasteiger partial charge is 0.327 e. The van der Waals surface area contributed by atoms with Crippen molar-refractivity contribution >= 4 is 22.4 Å². The molecule has 0 unspecified atom stereocenters. The number of aromatic nitrogens is 5. The van der Waals surface area contributed by atoms with Gasteiger partial charge in [-0.1, -0.05) is 6.07 Å². The van der Waals surface area contributed by atoms with Crippen LogP contribution in [0.2, 0.25) is 0 Å². The van der Waals surface area contributed by atoms with E-state index >= 15 is 0 Å². The molecule has 0 fully saturated rings. The second kappa shape index (κ2) is 5.62. The van der Waals surface area contributed by atoms with Crippen LogP contribution in [0.15, 0.2) is 42.2 Å². The zero-order valence-electron chi connectivity index (χ0n) is 13.1. The van der Waals surface area contributed by atoms with Gasteiger partial charge in [-0.2, -0.15) is 0 Å². The molecule has 0 atom stereocenters. The Morgan fingerprint density at radius 1 is 1.17 bits per heavy atom. The van der Waals surface area contributed by atoms with Gasteiger partial charge in [-0.05, 0) is 31.5 Å². The van der Waals surface area contributed by atoms with Gasteiger partial charge in [0.05, 0.1) is 17.6 Å². The first-order valence-corrected chi connectivity index (χ1v) is 8.51. The van der Waals surface area contributed by atoms with E-state index in [-0.39, 0.29) is 0 Å². The lowest BCUT2D eigenvalue weighted by Gasteiger charge is -2.09. The van der Waals surface area contributed by atoms with Gasteiger partial charge < -0.3 is 9.13 Å². The fraction of sp³-hybridized carbons (Fsp3) is 0.235. The topological polar surface area (TPSA) is 48.5 Å². The van der Waals surface area contributed by atoms with Crippen molar-refractivity contribution in [1.29, 1.82) is 0 Å². The van der Waals surface area contributed by atoms with Gasteiger partial charge in [-0.25, -0.2) is 15.0 Å². The lowest BCUT2D eigenvalue weighted by molar-refractivity contribution is 0.667. The number of hydrogen-bond donors (Lipinski definition) is 0. The molecule has 116 valence electrons. The van der Waals surface area contributed by atoms with E-state index in [9.17, 15) is 0 Å². The highest BCUT2D eigenvalue weighted by Crippen LogP contribution is 2.23. The minimum absolute atomic E-state index is 0.691.